The van der Waals surface area contributed by atoms with Crippen LogP contribution in [0.1, 0.15) is 24.1 Å². The summed E-state index contributed by atoms with van der Waals surface area (Å²) in [7, 11) is 3.71. The van der Waals surface area contributed by atoms with Crippen LogP contribution in [0.15, 0.2) is 36.5 Å². The number of carbonyl (C=O) groups is 1. The summed E-state index contributed by atoms with van der Waals surface area (Å²) in [6.07, 6.45) is 3.86. The number of aryl methyl sites for hydroxylation is 1. The Labute approximate surface area is 173 Å². The van der Waals surface area contributed by atoms with Gasteiger partial charge in [0.1, 0.15) is 11.6 Å². The van der Waals surface area contributed by atoms with E-state index in [1.807, 2.05) is 44.4 Å². The van der Waals surface area contributed by atoms with E-state index in [0.29, 0.717) is 12.4 Å². The van der Waals surface area contributed by atoms with Gasteiger partial charge in [0.15, 0.2) is 0 Å². The smallest absolute Gasteiger partial charge is 0.229 e. The molecule has 3 rings (SSSR count). The minimum atomic E-state index is -0.0153. The molecule has 0 bridgehead atoms. The van der Waals surface area contributed by atoms with Gasteiger partial charge in [0.05, 0.1) is 12.5 Å². The van der Waals surface area contributed by atoms with Gasteiger partial charge in [-0.25, -0.2) is 9.97 Å². The summed E-state index contributed by atoms with van der Waals surface area (Å²) in [5, 5.41) is 2.97. The molecule has 7 nitrogen and oxygen atoms in total. The quantitative estimate of drug-likeness (QED) is 0.739. The average molecular weight is 398 g/mol. The molecule has 1 aliphatic heterocycles. The van der Waals surface area contributed by atoms with E-state index >= 15 is 0 Å². The normalized spacial score (nSPS) is 17.1. The van der Waals surface area contributed by atoms with Crippen molar-refractivity contribution in [3.8, 4) is 0 Å². The van der Waals surface area contributed by atoms with E-state index in [1.54, 1.807) is 7.11 Å². The first-order valence-electron chi connectivity index (χ1n) is 10.2. The first kappa shape index (κ1) is 21.2. The lowest BCUT2D eigenvalue weighted by Gasteiger charge is -2.32. The van der Waals surface area contributed by atoms with Crippen LogP contribution >= 0.6 is 0 Å². The zero-order valence-corrected chi connectivity index (χ0v) is 17.6. The van der Waals surface area contributed by atoms with Crippen LogP contribution in [0.2, 0.25) is 0 Å². The Kier molecular flexibility index (Phi) is 7.55. The zero-order chi connectivity index (χ0) is 20.6. The average Bonchev–Trinajstić information content (AvgIpc) is 2.73. The van der Waals surface area contributed by atoms with Crippen LogP contribution in [0, 0.1) is 12.8 Å². The number of rotatable bonds is 8. The van der Waals surface area contributed by atoms with Gasteiger partial charge < -0.3 is 15.0 Å². The van der Waals surface area contributed by atoms with Crippen LogP contribution in [-0.2, 0) is 16.1 Å². The lowest BCUT2D eigenvalue weighted by Crippen LogP contribution is -2.40. The molecule has 29 heavy (non-hydrogen) atoms. The highest BCUT2D eigenvalue weighted by Gasteiger charge is 2.26. The number of nitrogens with one attached hydrogen (secondary N) is 1. The predicted octanol–water partition coefficient (Wildman–Crippen LogP) is 2.72. The van der Waals surface area contributed by atoms with Gasteiger partial charge in [-0.3, -0.25) is 9.69 Å². The second-order valence-corrected chi connectivity index (χ2v) is 7.67. The third-order valence-corrected chi connectivity index (χ3v) is 5.25. The number of carbonyl (C=O) groups excluding carboxylic acids is 1. The van der Waals surface area contributed by atoms with Crippen molar-refractivity contribution in [3.05, 3.63) is 47.8 Å². The minimum absolute atomic E-state index is 0.0153. The van der Waals surface area contributed by atoms with Crippen LogP contribution in [-0.4, -0.2) is 61.2 Å². The van der Waals surface area contributed by atoms with Gasteiger partial charge in [-0.2, -0.15) is 0 Å². The van der Waals surface area contributed by atoms with Crippen LogP contribution in [0.25, 0.3) is 0 Å². The van der Waals surface area contributed by atoms with Gasteiger partial charge in [0, 0.05) is 45.7 Å². The number of ether oxygens (including phenoxy) is 1. The summed E-state index contributed by atoms with van der Waals surface area (Å²) < 4.78 is 5.12. The standard InChI is InChI=1S/C22H31N5O2/c1-17-6-4-8-20(24-17)25-22(28)19-7-5-11-27(16-19)15-18-9-10-21(23-14-18)26(2)12-13-29-3/h4,6,8-10,14,19H,5,7,11-13,15-16H2,1-3H3,(H,24,25,28). The van der Waals surface area contributed by atoms with E-state index in [1.165, 1.54) is 0 Å². The molecule has 1 amide bonds. The maximum atomic E-state index is 12.7. The van der Waals surface area contributed by atoms with Crippen molar-refractivity contribution in [3.63, 3.8) is 0 Å². The summed E-state index contributed by atoms with van der Waals surface area (Å²) in [6, 6.07) is 9.83. The Bertz CT molecular complexity index is 796. The van der Waals surface area contributed by atoms with Crippen molar-refractivity contribution >= 4 is 17.5 Å². The summed E-state index contributed by atoms with van der Waals surface area (Å²) in [4.78, 5) is 26.0. The van der Waals surface area contributed by atoms with Gasteiger partial charge in [-0.1, -0.05) is 12.1 Å². The van der Waals surface area contributed by atoms with E-state index in [4.69, 9.17) is 4.74 Å². The van der Waals surface area contributed by atoms with E-state index in [-0.39, 0.29) is 11.8 Å². The number of likely N-dealkylation sites (tertiary alicyclic amines) is 1. The second kappa shape index (κ2) is 10.3. The number of hydrogen-bond acceptors (Lipinski definition) is 6. The molecule has 0 aliphatic carbocycles. The number of piperidine rings is 1. The molecule has 0 radical (unpaired) electrons. The highest BCUT2D eigenvalue weighted by atomic mass is 16.5. The van der Waals surface area contributed by atoms with Gasteiger partial charge >= 0.3 is 0 Å². The van der Waals surface area contributed by atoms with Crippen LogP contribution in [0.3, 0.4) is 0 Å². The third kappa shape index (κ3) is 6.24. The molecule has 2 aromatic heterocycles. The fourth-order valence-electron chi connectivity index (χ4n) is 3.59. The maximum Gasteiger partial charge on any atom is 0.229 e. The lowest BCUT2D eigenvalue weighted by atomic mass is 9.96. The fraction of sp³-hybridized carbons (Fsp3) is 0.500. The molecule has 1 fully saturated rings. The molecule has 3 heterocycles. The summed E-state index contributed by atoms with van der Waals surface area (Å²) in [5.74, 6) is 1.61. The predicted molar refractivity (Wildman–Crippen MR) is 115 cm³/mol. The first-order valence-corrected chi connectivity index (χ1v) is 10.2. The number of methoxy groups -OCH3 is 1. The Morgan fingerprint density at radius 1 is 1.34 bits per heavy atom. The number of likely N-dealkylation sites (N-methyl/N-ethyl adjacent to an activating group) is 1. The van der Waals surface area contributed by atoms with E-state index in [2.05, 4.69) is 31.2 Å². The monoisotopic (exact) mass is 397 g/mol. The molecule has 0 saturated carbocycles. The molecule has 1 unspecified atom stereocenters. The summed E-state index contributed by atoms with van der Waals surface area (Å²) >= 11 is 0. The number of aromatic nitrogens is 2. The molecule has 0 spiro atoms. The molecule has 1 N–H and O–H groups in total. The lowest BCUT2D eigenvalue weighted by molar-refractivity contribution is -0.121. The fourth-order valence-corrected chi connectivity index (χ4v) is 3.59. The highest BCUT2D eigenvalue weighted by Crippen LogP contribution is 2.21. The number of pyridine rings is 2. The maximum absolute atomic E-state index is 12.7. The Balaban J connectivity index is 1.53. The molecule has 7 heteroatoms. The van der Waals surface area contributed by atoms with Gasteiger partial charge in [0.2, 0.25) is 5.91 Å². The molecule has 1 saturated heterocycles. The van der Waals surface area contributed by atoms with Crippen LogP contribution in [0.4, 0.5) is 11.6 Å². The number of hydrogen-bond donors (Lipinski definition) is 1. The SMILES string of the molecule is COCCN(C)c1ccc(CN2CCCC(C(=O)Nc3cccc(C)n3)C2)cn1. The highest BCUT2D eigenvalue weighted by molar-refractivity contribution is 5.91. The topological polar surface area (TPSA) is 70.6 Å². The Hall–Kier alpha value is -2.51. The Morgan fingerprint density at radius 3 is 2.93 bits per heavy atom. The largest absolute Gasteiger partial charge is 0.383 e. The van der Waals surface area contributed by atoms with Crippen molar-refractivity contribution in [1.29, 1.82) is 0 Å². The molecule has 156 valence electrons. The van der Waals surface area contributed by atoms with E-state index < -0.39 is 0 Å². The van der Waals surface area contributed by atoms with Crippen molar-refractivity contribution in [2.75, 3.05) is 50.6 Å². The Morgan fingerprint density at radius 2 is 2.21 bits per heavy atom. The minimum Gasteiger partial charge on any atom is -0.383 e. The molecule has 2 aromatic rings. The van der Waals surface area contributed by atoms with Gasteiger partial charge in [-0.05, 0) is 50.1 Å². The van der Waals surface area contributed by atoms with Crippen molar-refractivity contribution < 1.29 is 9.53 Å². The van der Waals surface area contributed by atoms with Gasteiger partial charge in [-0.15, -0.1) is 0 Å². The summed E-state index contributed by atoms with van der Waals surface area (Å²) in [6.45, 7) is 5.97. The van der Waals surface area contributed by atoms with Crippen molar-refractivity contribution in [2.24, 2.45) is 5.92 Å². The zero-order valence-electron chi connectivity index (χ0n) is 17.6. The number of amides is 1. The number of nitrogens with zero attached hydrogens (tertiary/aromatic N) is 4. The van der Waals surface area contributed by atoms with Crippen LogP contribution < -0.4 is 10.2 Å². The molecule has 0 aromatic carbocycles. The molecular weight excluding hydrogens is 366 g/mol. The second-order valence-electron chi connectivity index (χ2n) is 7.67. The molecular formula is C22H31N5O2. The van der Waals surface area contributed by atoms with E-state index in [9.17, 15) is 4.79 Å². The third-order valence-electron chi connectivity index (χ3n) is 5.25. The molecule has 1 atom stereocenters. The first-order chi connectivity index (χ1) is 14.0. The number of anilines is 2. The summed E-state index contributed by atoms with van der Waals surface area (Å²) in [5.41, 5.74) is 2.06. The van der Waals surface area contributed by atoms with Crippen molar-refractivity contribution in [2.45, 2.75) is 26.3 Å². The van der Waals surface area contributed by atoms with E-state index in [0.717, 1.165) is 56.1 Å². The van der Waals surface area contributed by atoms with Gasteiger partial charge in [0.25, 0.3) is 0 Å². The van der Waals surface area contributed by atoms with Crippen molar-refractivity contribution in [1.82, 2.24) is 14.9 Å². The molecule has 1 aliphatic rings. The van der Waals surface area contributed by atoms with Crippen LogP contribution in [0.5, 0.6) is 0 Å².